The summed E-state index contributed by atoms with van der Waals surface area (Å²) in [6.45, 7) is 2.22. The standard InChI is InChI=1S/C19H22F3N3O3S2/c1-2-30(27,28)25-8-6-14(7-9-25)17(26)24-18-23-12-16(29-18)11-13-4-3-5-15(10-13)19(20,21)22/h3-5,10,12,14H,2,6-9,11H2,1H3,(H,23,24,26). The Kier molecular flexibility index (Phi) is 6.83. The number of thiazole rings is 1. The van der Waals surface area contributed by atoms with Gasteiger partial charge in [-0.3, -0.25) is 4.79 Å². The lowest BCUT2D eigenvalue weighted by Gasteiger charge is -2.30. The van der Waals surface area contributed by atoms with Crippen LogP contribution < -0.4 is 5.32 Å². The molecule has 30 heavy (non-hydrogen) atoms. The Balaban J connectivity index is 1.57. The normalized spacial score (nSPS) is 16.5. The molecule has 1 saturated heterocycles. The topological polar surface area (TPSA) is 79.4 Å². The van der Waals surface area contributed by atoms with E-state index in [0.717, 1.165) is 17.0 Å². The average molecular weight is 462 g/mol. The summed E-state index contributed by atoms with van der Waals surface area (Å²) in [4.78, 5) is 17.4. The van der Waals surface area contributed by atoms with E-state index < -0.39 is 21.8 Å². The first-order valence-electron chi connectivity index (χ1n) is 9.48. The van der Waals surface area contributed by atoms with E-state index in [2.05, 4.69) is 10.3 Å². The van der Waals surface area contributed by atoms with Crippen molar-refractivity contribution in [3.05, 3.63) is 46.5 Å². The van der Waals surface area contributed by atoms with Gasteiger partial charge in [-0.05, 0) is 31.4 Å². The molecule has 3 rings (SSSR count). The number of piperidine rings is 1. The molecule has 11 heteroatoms. The third kappa shape index (κ3) is 5.58. The number of hydrogen-bond acceptors (Lipinski definition) is 5. The maximum absolute atomic E-state index is 12.8. The minimum atomic E-state index is -4.39. The molecule has 0 radical (unpaired) electrons. The number of alkyl halides is 3. The zero-order valence-electron chi connectivity index (χ0n) is 16.3. The highest BCUT2D eigenvalue weighted by Crippen LogP contribution is 2.31. The maximum atomic E-state index is 12.8. The highest BCUT2D eigenvalue weighted by molar-refractivity contribution is 7.89. The minimum Gasteiger partial charge on any atom is -0.302 e. The lowest BCUT2D eigenvalue weighted by molar-refractivity contribution is -0.137. The van der Waals surface area contributed by atoms with Gasteiger partial charge in [-0.15, -0.1) is 11.3 Å². The van der Waals surface area contributed by atoms with E-state index in [1.807, 2.05) is 0 Å². The van der Waals surface area contributed by atoms with Crippen molar-refractivity contribution < 1.29 is 26.4 Å². The SMILES string of the molecule is CCS(=O)(=O)N1CCC(C(=O)Nc2ncc(Cc3cccc(C(F)(F)F)c3)s2)CC1. The summed E-state index contributed by atoms with van der Waals surface area (Å²) in [7, 11) is -3.25. The smallest absolute Gasteiger partial charge is 0.302 e. The first kappa shape index (κ1) is 22.7. The number of aromatic nitrogens is 1. The number of anilines is 1. The Labute approximate surface area is 177 Å². The van der Waals surface area contributed by atoms with E-state index in [9.17, 15) is 26.4 Å². The first-order chi connectivity index (χ1) is 14.1. The highest BCUT2D eigenvalue weighted by atomic mass is 32.2. The summed E-state index contributed by atoms with van der Waals surface area (Å²) in [6, 6.07) is 5.12. The average Bonchev–Trinajstić information content (AvgIpc) is 3.14. The summed E-state index contributed by atoms with van der Waals surface area (Å²) < 4.78 is 63.8. The molecule has 1 fully saturated rings. The molecule has 1 amide bonds. The van der Waals surface area contributed by atoms with E-state index in [1.54, 1.807) is 13.0 Å². The van der Waals surface area contributed by atoms with Crippen molar-refractivity contribution in [3.8, 4) is 0 Å². The van der Waals surface area contributed by atoms with E-state index in [0.29, 0.717) is 36.6 Å². The fourth-order valence-electron chi connectivity index (χ4n) is 3.29. The van der Waals surface area contributed by atoms with E-state index >= 15 is 0 Å². The molecule has 2 heterocycles. The quantitative estimate of drug-likeness (QED) is 0.711. The number of amides is 1. The van der Waals surface area contributed by atoms with Gasteiger partial charge in [0.1, 0.15) is 0 Å². The second-order valence-corrected chi connectivity index (χ2v) is 10.4. The molecule has 1 aliphatic rings. The molecule has 0 unspecified atom stereocenters. The number of hydrogen-bond donors (Lipinski definition) is 1. The summed E-state index contributed by atoms with van der Waals surface area (Å²) in [6.07, 6.45) is -1.70. The molecule has 0 aliphatic carbocycles. The fraction of sp³-hybridized carbons (Fsp3) is 0.474. The Morgan fingerprint density at radius 1 is 1.30 bits per heavy atom. The van der Waals surface area contributed by atoms with Crippen molar-refractivity contribution in [1.82, 2.24) is 9.29 Å². The summed E-state index contributed by atoms with van der Waals surface area (Å²) in [5.41, 5.74) is -0.190. The predicted molar refractivity (Wildman–Crippen MR) is 109 cm³/mol. The van der Waals surface area contributed by atoms with Gasteiger partial charge in [0, 0.05) is 36.5 Å². The van der Waals surface area contributed by atoms with Crippen LogP contribution in [0.15, 0.2) is 30.5 Å². The van der Waals surface area contributed by atoms with Crippen molar-refractivity contribution in [2.24, 2.45) is 5.92 Å². The molecule has 2 aromatic rings. The largest absolute Gasteiger partial charge is 0.416 e. The molecule has 0 bridgehead atoms. The number of carbonyl (C=O) groups is 1. The zero-order valence-corrected chi connectivity index (χ0v) is 17.9. The van der Waals surface area contributed by atoms with Gasteiger partial charge in [-0.2, -0.15) is 13.2 Å². The second-order valence-electron chi connectivity index (χ2n) is 7.07. The number of carbonyl (C=O) groups excluding carboxylic acids is 1. The molecular weight excluding hydrogens is 439 g/mol. The minimum absolute atomic E-state index is 0.0393. The summed E-state index contributed by atoms with van der Waals surface area (Å²) in [5, 5.41) is 3.12. The lowest BCUT2D eigenvalue weighted by atomic mass is 9.97. The van der Waals surface area contributed by atoms with Gasteiger partial charge in [0.2, 0.25) is 15.9 Å². The molecule has 1 aromatic heterocycles. The Morgan fingerprint density at radius 3 is 2.63 bits per heavy atom. The molecule has 164 valence electrons. The molecule has 1 N–H and O–H groups in total. The number of benzene rings is 1. The molecule has 0 atom stereocenters. The number of nitrogens with zero attached hydrogens (tertiary/aromatic N) is 2. The van der Waals surface area contributed by atoms with Crippen LogP contribution in [0.5, 0.6) is 0 Å². The molecule has 1 aliphatic heterocycles. The van der Waals surface area contributed by atoms with Gasteiger partial charge in [-0.25, -0.2) is 17.7 Å². The van der Waals surface area contributed by atoms with Crippen LogP contribution in [-0.2, 0) is 27.4 Å². The van der Waals surface area contributed by atoms with Crippen LogP contribution in [0.1, 0.15) is 35.8 Å². The molecule has 0 saturated carbocycles. The monoisotopic (exact) mass is 461 g/mol. The van der Waals surface area contributed by atoms with Gasteiger partial charge in [0.05, 0.1) is 11.3 Å². The molecule has 6 nitrogen and oxygen atoms in total. The van der Waals surface area contributed by atoms with Gasteiger partial charge >= 0.3 is 6.18 Å². The van der Waals surface area contributed by atoms with Crippen molar-refractivity contribution in [3.63, 3.8) is 0 Å². The number of nitrogens with one attached hydrogen (secondary N) is 1. The Hall–Kier alpha value is -1.98. The van der Waals surface area contributed by atoms with Crippen molar-refractivity contribution >= 4 is 32.4 Å². The molecular formula is C19H22F3N3O3S2. The van der Waals surface area contributed by atoms with E-state index in [-0.39, 0.29) is 24.0 Å². The van der Waals surface area contributed by atoms with E-state index in [1.165, 1.54) is 27.9 Å². The highest BCUT2D eigenvalue weighted by Gasteiger charge is 2.31. The van der Waals surface area contributed by atoms with Crippen LogP contribution in [0.4, 0.5) is 18.3 Å². The van der Waals surface area contributed by atoms with Crippen LogP contribution in [0.2, 0.25) is 0 Å². The number of rotatable bonds is 6. The van der Waals surface area contributed by atoms with Crippen LogP contribution >= 0.6 is 11.3 Å². The van der Waals surface area contributed by atoms with Gasteiger partial charge in [0.15, 0.2) is 5.13 Å². The van der Waals surface area contributed by atoms with E-state index in [4.69, 9.17) is 0 Å². The van der Waals surface area contributed by atoms with Crippen molar-refractivity contribution in [1.29, 1.82) is 0 Å². The van der Waals surface area contributed by atoms with Gasteiger partial charge < -0.3 is 5.32 Å². The lowest BCUT2D eigenvalue weighted by Crippen LogP contribution is -2.42. The second kappa shape index (κ2) is 9.03. The zero-order chi connectivity index (χ0) is 21.9. The van der Waals surface area contributed by atoms with Gasteiger partial charge in [-0.1, -0.05) is 18.2 Å². The third-order valence-corrected chi connectivity index (χ3v) is 7.79. The maximum Gasteiger partial charge on any atom is 0.416 e. The molecule has 0 spiro atoms. The predicted octanol–water partition coefficient (Wildman–Crippen LogP) is 3.75. The Morgan fingerprint density at radius 2 is 2.00 bits per heavy atom. The number of sulfonamides is 1. The van der Waals surface area contributed by atoms with Crippen molar-refractivity contribution in [2.45, 2.75) is 32.4 Å². The van der Waals surface area contributed by atoms with Crippen LogP contribution in [0.3, 0.4) is 0 Å². The number of halogens is 3. The van der Waals surface area contributed by atoms with Crippen LogP contribution in [0.25, 0.3) is 0 Å². The van der Waals surface area contributed by atoms with Crippen LogP contribution in [0, 0.1) is 5.92 Å². The van der Waals surface area contributed by atoms with Crippen LogP contribution in [-0.4, -0.2) is 42.5 Å². The van der Waals surface area contributed by atoms with Gasteiger partial charge in [0.25, 0.3) is 0 Å². The third-order valence-electron chi connectivity index (χ3n) is 5.00. The molecule has 1 aromatic carbocycles. The summed E-state index contributed by atoms with van der Waals surface area (Å²) >= 11 is 1.21. The fourth-order valence-corrected chi connectivity index (χ4v) is 5.27. The Bertz CT molecular complexity index is 998. The summed E-state index contributed by atoms with van der Waals surface area (Å²) in [5.74, 6) is -0.481. The first-order valence-corrected chi connectivity index (χ1v) is 11.9. The van der Waals surface area contributed by atoms with Crippen molar-refractivity contribution in [2.75, 3.05) is 24.2 Å².